The molecule has 2 aliphatic carbocycles. The van der Waals surface area contributed by atoms with E-state index >= 15 is 0 Å². The summed E-state index contributed by atoms with van der Waals surface area (Å²) in [6, 6.07) is 1.82. The van der Waals surface area contributed by atoms with E-state index in [9.17, 15) is 13.2 Å². The first kappa shape index (κ1) is 26.7. The maximum atomic E-state index is 13.3. The third kappa shape index (κ3) is 7.48. The van der Waals surface area contributed by atoms with Crippen LogP contribution in [-0.4, -0.2) is 61.6 Å². The van der Waals surface area contributed by atoms with Gasteiger partial charge in [0.25, 0.3) is 0 Å². The molecular weight excluding hydrogens is 419 g/mol. The Morgan fingerprint density at radius 1 is 1.41 bits per heavy atom. The zero-order valence-corrected chi connectivity index (χ0v) is 19.5. The molecule has 0 bridgehead atoms. The topological polar surface area (TPSA) is 77.6 Å². The van der Waals surface area contributed by atoms with Gasteiger partial charge in [-0.2, -0.15) is 18.4 Å². The standard InChI is InChI=1S/C23H38F3N5O/c1-16(29-21-7-5-6-20(12-21)23(24,25)26)22(14-32-4)31(15-30(3)28)17(2)19-10-8-18(13-27)9-11-19/h10,16,18,20-22,29H,2,5-9,11-12,14-15,28H2,1,3-4H3. The molecule has 0 saturated heterocycles. The van der Waals surface area contributed by atoms with Crippen molar-refractivity contribution < 1.29 is 17.9 Å². The molecule has 0 aromatic heterocycles. The molecule has 3 N–H and O–H groups in total. The number of methoxy groups -OCH3 is 1. The number of nitrogens with two attached hydrogens (primary N) is 1. The average Bonchev–Trinajstić information content (AvgIpc) is 2.75. The number of rotatable bonds is 10. The van der Waals surface area contributed by atoms with Crippen LogP contribution >= 0.6 is 0 Å². The van der Waals surface area contributed by atoms with Gasteiger partial charge in [0.1, 0.15) is 0 Å². The molecule has 1 saturated carbocycles. The van der Waals surface area contributed by atoms with Crippen LogP contribution in [0.2, 0.25) is 0 Å². The number of allylic oxidation sites excluding steroid dienone is 2. The van der Waals surface area contributed by atoms with Crippen LogP contribution in [0.3, 0.4) is 0 Å². The molecule has 1 fully saturated rings. The van der Waals surface area contributed by atoms with Gasteiger partial charge in [0.2, 0.25) is 0 Å². The molecule has 0 aliphatic heterocycles. The van der Waals surface area contributed by atoms with E-state index < -0.39 is 12.1 Å². The summed E-state index contributed by atoms with van der Waals surface area (Å²) in [5.41, 5.74) is 1.91. The summed E-state index contributed by atoms with van der Waals surface area (Å²) in [6.45, 7) is 7.08. The number of alkyl halides is 3. The van der Waals surface area contributed by atoms with Gasteiger partial charge in [0.05, 0.1) is 37.2 Å². The molecule has 0 heterocycles. The van der Waals surface area contributed by atoms with Gasteiger partial charge in [-0.15, -0.1) is 0 Å². The quantitative estimate of drug-likeness (QED) is 0.294. The van der Waals surface area contributed by atoms with E-state index in [2.05, 4.69) is 28.9 Å². The molecule has 6 nitrogen and oxygen atoms in total. The maximum Gasteiger partial charge on any atom is 0.391 e. The fourth-order valence-corrected chi connectivity index (χ4v) is 4.83. The minimum atomic E-state index is -4.15. The number of hydrazine groups is 1. The third-order valence-electron chi connectivity index (χ3n) is 6.64. The molecule has 182 valence electrons. The summed E-state index contributed by atoms with van der Waals surface area (Å²) < 4.78 is 45.3. The van der Waals surface area contributed by atoms with Crippen molar-refractivity contribution >= 4 is 0 Å². The van der Waals surface area contributed by atoms with E-state index in [1.807, 2.05) is 6.92 Å². The molecule has 32 heavy (non-hydrogen) atoms. The molecule has 0 radical (unpaired) electrons. The zero-order chi connectivity index (χ0) is 23.9. The van der Waals surface area contributed by atoms with Crippen molar-refractivity contribution in [3.8, 4) is 6.07 Å². The van der Waals surface area contributed by atoms with E-state index in [4.69, 9.17) is 15.8 Å². The lowest BCUT2D eigenvalue weighted by molar-refractivity contribution is -0.184. The van der Waals surface area contributed by atoms with E-state index in [1.54, 1.807) is 19.2 Å². The number of ether oxygens (including phenoxy) is 1. The Balaban J connectivity index is 2.16. The second kappa shape index (κ2) is 12.0. The molecule has 0 amide bonds. The van der Waals surface area contributed by atoms with Crippen LogP contribution < -0.4 is 11.2 Å². The fourth-order valence-electron chi connectivity index (χ4n) is 4.83. The summed E-state index contributed by atoms with van der Waals surface area (Å²) >= 11 is 0. The first-order chi connectivity index (χ1) is 15.1. The SMILES string of the molecule is C=C(C1=CCC(C#N)CC1)N(CN(C)N)C(COC)C(C)NC1CCCC(C(F)(F)F)C1. The predicted molar refractivity (Wildman–Crippen MR) is 119 cm³/mol. The minimum absolute atomic E-state index is 0.0282. The molecule has 2 aliphatic rings. The summed E-state index contributed by atoms with van der Waals surface area (Å²) in [5, 5.41) is 14.2. The Hall–Kier alpha value is -1.60. The monoisotopic (exact) mass is 457 g/mol. The number of hydrogen-bond acceptors (Lipinski definition) is 6. The normalized spacial score (nSPS) is 26.2. The second-order valence-electron chi connectivity index (χ2n) is 9.22. The lowest BCUT2D eigenvalue weighted by Crippen LogP contribution is -2.56. The van der Waals surface area contributed by atoms with Crippen molar-refractivity contribution in [2.24, 2.45) is 17.7 Å². The van der Waals surface area contributed by atoms with Crippen molar-refractivity contribution in [2.75, 3.05) is 27.4 Å². The number of nitrogens with zero attached hydrogens (tertiary/aromatic N) is 3. The van der Waals surface area contributed by atoms with Gasteiger partial charge in [-0.25, -0.2) is 5.01 Å². The number of nitriles is 1. The molecule has 0 aromatic carbocycles. The summed E-state index contributed by atoms with van der Waals surface area (Å²) in [7, 11) is 3.38. The highest BCUT2D eigenvalue weighted by molar-refractivity contribution is 5.30. The Morgan fingerprint density at radius 2 is 2.12 bits per heavy atom. The Kier molecular flexibility index (Phi) is 10.0. The zero-order valence-electron chi connectivity index (χ0n) is 19.5. The van der Waals surface area contributed by atoms with E-state index in [-0.39, 0.29) is 36.9 Å². The van der Waals surface area contributed by atoms with Crippen molar-refractivity contribution in [3.63, 3.8) is 0 Å². The van der Waals surface area contributed by atoms with Gasteiger partial charge in [-0.05, 0) is 51.0 Å². The molecule has 5 atom stereocenters. The maximum absolute atomic E-state index is 13.3. The summed E-state index contributed by atoms with van der Waals surface area (Å²) in [4.78, 5) is 2.07. The molecule has 0 aromatic rings. The largest absolute Gasteiger partial charge is 0.391 e. The van der Waals surface area contributed by atoms with Crippen LogP contribution in [0.15, 0.2) is 23.9 Å². The number of hydrogen-bond donors (Lipinski definition) is 2. The molecule has 0 spiro atoms. The highest BCUT2D eigenvalue weighted by Crippen LogP contribution is 2.38. The number of nitrogens with one attached hydrogen (secondary N) is 1. The van der Waals surface area contributed by atoms with Gasteiger partial charge >= 0.3 is 6.18 Å². The lowest BCUT2D eigenvalue weighted by Gasteiger charge is -2.42. The summed E-state index contributed by atoms with van der Waals surface area (Å²) in [6.07, 6.45) is 1.78. The van der Waals surface area contributed by atoms with Crippen LogP contribution in [0.25, 0.3) is 0 Å². The van der Waals surface area contributed by atoms with Gasteiger partial charge in [0, 0.05) is 31.9 Å². The van der Waals surface area contributed by atoms with Crippen LogP contribution in [0.5, 0.6) is 0 Å². The first-order valence-corrected chi connectivity index (χ1v) is 11.4. The highest BCUT2D eigenvalue weighted by atomic mass is 19.4. The van der Waals surface area contributed by atoms with E-state index in [0.717, 1.165) is 30.5 Å². The third-order valence-corrected chi connectivity index (χ3v) is 6.64. The van der Waals surface area contributed by atoms with E-state index in [0.29, 0.717) is 26.1 Å². The van der Waals surface area contributed by atoms with Gasteiger partial charge in [-0.3, -0.25) is 5.84 Å². The van der Waals surface area contributed by atoms with Gasteiger partial charge in [-0.1, -0.05) is 19.1 Å². The predicted octanol–water partition coefficient (Wildman–Crippen LogP) is 3.93. The highest BCUT2D eigenvalue weighted by Gasteiger charge is 2.42. The molecular formula is C23H38F3N5O. The van der Waals surface area contributed by atoms with Gasteiger partial charge < -0.3 is 15.0 Å². The second-order valence-corrected chi connectivity index (χ2v) is 9.22. The average molecular weight is 458 g/mol. The van der Waals surface area contributed by atoms with Crippen molar-refractivity contribution in [1.29, 1.82) is 5.26 Å². The van der Waals surface area contributed by atoms with Crippen LogP contribution in [0.4, 0.5) is 13.2 Å². The molecule has 2 rings (SSSR count). The Labute approximate surface area is 190 Å². The fraction of sp³-hybridized carbons (Fsp3) is 0.783. The van der Waals surface area contributed by atoms with Crippen molar-refractivity contribution in [1.82, 2.24) is 15.2 Å². The summed E-state index contributed by atoms with van der Waals surface area (Å²) in [5.74, 6) is 4.77. The lowest BCUT2D eigenvalue weighted by atomic mass is 9.84. The van der Waals surface area contributed by atoms with Crippen molar-refractivity contribution in [3.05, 3.63) is 23.9 Å². The first-order valence-electron chi connectivity index (χ1n) is 11.4. The van der Waals surface area contributed by atoms with Crippen molar-refractivity contribution in [2.45, 2.75) is 76.2 Å². The minimum Gasteiger partial charge on any atom is -0.382 e. The van der Waals surface area contributed by atoms with Gasteiger partial charge in [0.15, 0.2) is 0 Å². The molecule has 9 heteroatoms. The Bertz CT molecular complexity index is 688. The molecule has 5 unspecified atom stereocenters. The van der Waals surface area contributed by atoms with Crippen LogP contribution in [0, 0.1) is 23.2 Å². The Morgan fingerprint density at radius 3 is 2.66 bits per heavy atom. The smallest absolute Gasteiger partial charge is 0.382 e. The van der Waals surface area contributed by atoms with Crippen LogP contribution in [-0.2, 0) is 4.74 Å². The number of halogens is 3. The van der Waals surface area contributed by atoms with Crippen LogP contribution in [0.1, 0.15) is 51.9 Å². The van der Waals surface area contributed by atoms with E-state index in [1.165, 1.54) is 0 Å².